The van der Waals surface area contributed by atoms with Crippen LogP contribution in [-0.2, 0) is 6.42 Å². The van der Waals surface area contributed by atoms with Crippen LogP contribution in [0.3, 0.4) is 0 Å². The standard InChI is InChI=1S/C17H17ClN4O/c1-11(9-13-5-3-6-14(18)10-13)20-17(23)15-12(2)21-22-8-4-7-19-16(15)22/h3-8,10-11H,9H2,1-2H3,(H,20,23)/t11-/m1/s1. The van der Waals surface area contributed by atoms with Crippen molar-refractivity contribution in [1.82, 2.24) is 19.9 Å². The van der Waals surface area contributed by atoms with E-state index in [-0.39, 0.29) is 11.9 Å². The number of nitrogens with one attached hydrogen (secondary N) is 1. The summed E-state index contributed by atoms with van der Waals surface area (Å²) < 4.78 is 1.62. The van der Waals surface area contributed by atoms with E-state index in [0.29, 0.717) is 28.3 Å². The zero-order chi connectivity index (χ0) is 16.4. The quantitative estimate of drug-likeness (QED) is 0.800. The third-order valence-electron chi connectivity index (χ3n) is 3.61. The molecule has 1 atom stereocenters. The lowest BCUT2D eigenvalue weighted by Gasteiger charge is -2.14. The van der Waals surface area contributed by atoms with Gasteiger partial charge in [0.05, 0.1) is 5.69 Å². The summed E-state index contributed by atoms with van der Waals surface area (Å²) in [5.41, 5.74) is 2.83. The highest BCUT2D eigenvalue weighted by Crippen LogP contribution is 2.15. The summed E-state index contributed by atoms with van der Waals surface area (Å²) in [5, 5.41) is 8.02. The van der Waals surface area contributed by atoms with Gasteiger partial charge in [-0.05, 0) is 44.0 Å². The molecule has 0 unspecified atom stereocenters. The molecule has 118 valence electrons. The Bertz CT molecular complexity index is 859. The Morgan fingerprint density at radius 3 is 3.00 bits per heavy atom. The maximum Gasteiger partial charge on any atom is 0.257 e. The smallest absolute Gasteiger partial charge is 0.257 e. The first-order valence-electron chi connectivity index (χ1n) is 7.40. The van der Waals surface area contributed by atoms with E-state index in [4.69, 9.17) is 11.6 Å². The van der Waals surface area contributed by atoms with E-state index in [1.165, 1.54) is 0 Å². The van der Waals surface area contributed by atoms with E-state index in [1.54, 1.807) is 23.0 Å². The minimum Gasteiger partial charge on any atom is -0.349 e. The maximum atomic E-state index is 12.6. The Kier molecular flexibility index (Phi) is 4.30. The number of fused-ring (bicyclic) bond motifs is 1. The molecule has 1 N–H and O–H groups in total. The molecular weight excluding hydrogens is 312 g/mol. The summed E-state index contributed by atoms with van der Waals surface area (Å²) in [5.74, 6) is -0.161. The average Bonchev–Trinajstić information content (AvgIpc) is 2.82. The molecule has 0 fully saturated rings. The van der Waals surface area contributed by atoms with Crippen LogP contribution in [-0.4, -0.2) is 26.5 Å². The molecule has 0 bridgehead atoms. The first-order chi connectivity index (χ1) is 11.0. The van der Waals surface area contributed by atoms with E-state index in [2.05, 4.69) is 15.4 Å². The van der Waals surface area contributed by atoms with Crippen LogP contribution >= 0.6 is 11.6 Å². The molecule has 3 aromatic rings. The van der Waals surface area contributed by atoms with E-state index < -0.39 is 0 Å². The number of aromatic nitrogens is 3. The van der Waals surface area contributed by atoms with Gasteiger partial charge in [-0.3, -0.25) is 4.79 Å². The van der Waals surface area contributed by atoms with Gasteiger partial charge in [0.25, 0.3) is 5.91 Å². The predicted octanol–water partition coefficient (Wildman–Crippen LogP) is 3.05. The van der Waals surface area contributed by atoms with Crippen molar-refractivity contribution < 1.29 is 4.79 Å². The second-order valence-electron chi connectivity index (χ2n) is 5.56. The van der Waals surface area contributed by atoms with Crippen LogP contribution < -0.4 is 5.32 Å². The third kappa shape index (κ3) is 3.35. The Labute approximate surface area is 139 Å². The third-order valence-corrected chi connectivity index (χ3v) is 3.84. The van der Waals surface area contributed by atoms with Crippen LogP contribution in [0.5, 0.6) is 0 Å². The SMILES string of the molecule is Cc1nn2cccnc2c1C(=O)N[C@H](C)Cc1cccc(Cl)c1. The molecule has 23 heavy (non-hydrogen) atoms. The predicted molar refractivity (Wildman–Crippen MR) is 89.8 cm³/mol. The summed E-state index contributed by atoms with van der Waals surface area (Å²) in [6.45, 7) is 3.78. The zero-order valence-corrected chi connectivity index (χ0v) is 13.7. The molecule has 0 aliphatic rings. The van der Waals surface area contributed by atoms with Crippen LogP contribution in [0.15, 0.2) is 42.7 Å². The number of amides is 1. The van der Waals surface area contributed by atoms with Gasteiger partial charge in [-0.2, -0.15) is 5.10 Å². The van der Waals surface area contributed by atoms with Crippen molar-refractivity contribution in [3.63, 3.8) is 0 Å². The minimum atomic E-state index is -0.161. The highest BCUT2D eigenvalue weighted by Gasteiger charge is 2.19. The van der Waals surface area contributed by atoms with Gasteiger partial charge in [-0.15, -0.1) is 0 Å². The zero-order valence-electron chi connectivity index (χ0n) is 13.0. The second kappa shape index (κ2) is 6.38. The molecule has 1 amide bonds. The first-order valence-corrected chi connectivity index (χ1v) is 7.77. The normalized spacial score (nSPS) is 12.3. The number of rotatable bonds is 4. The fraction of sp³-hybridized carbons (Fsp3) is 0.235. The Morgan fingerprint density at radius 1 is 1.39 bits per heavy atom. The lowest BCUT2D eigenvalue weighted by molar-refractivity contribution is 0.0941. The van der Waals surface area contributed by atoms with Crippen molar-refractivity contribution in [3.8, 4) is 0 Å². The molecule has 0 aliphatic carbocycles. The minimum absolute atomic E-state index is 0.0287. The summed E-state index contributed by atoms with van der Waals surface area (Å²) in [4.78, 5) is 16.8. The maximum absolute atomic E-state index is 12.6. The number of benzene rings is 1. The average molecular weight is 329 g/mol. The van der Waals surface area contributed by atoms with Gasteiger partial charge in [0.1, 0.15) is 5.56 Å². The highest BCUT2D eigenvalue weighted by atomic mass is 35.5. The number of halogens is 1. The lowest BCUT2D eigenvalue weighted by atomic mass is 10.1. The number of carbonyl (C=O) groups excluding carboxylic acids is 1. The molecular formula is C17H17ClN4O. The summed E-state index contributed by atoms with van der Waals surface area (Å²) >= 11 is 5.99. The van der Waals surface area contributed by atoms with Crippen LogP contribution in [0.4, 0.5) is 0 Å². The van der Waals surface area contributed by atoms with Crippen molar-refractivity contribution in [2.75, 3.05) is 0 Å². The fourth-order valence-corrected chi connectivity index (χ4v) is 2.84. The Hall–Kier alpha value is -2.40. The van der Waals surface area contributed by atoms with Crippen LogP contribution in [0.2, 0.25) is 5.02 Å². The fourth-order valence-electron chi connectivity index (χ4n) is 2.63. The molecule has 0 saturated carbocycles. The van der Waals surface area contributed by atoms with Gasteiger partial charge in [0.15, 0.2) is 5.65 Å². The van der Waals surface area contributed by atoms with E-state index in [0.717, 1.165) is 5.56 Å². The van der Waals surface area contributed by atoms with Crippen molar-refractivity contribution in [3.05, 3.63) is 64.6 Å². The van der Waals surface area contributed by atoms with Gasteiger partial charge in [-0.1, -0.05) is 23.7 Å². The molecule has 0 aliphatic heterocycles. The molecule has 1 aromatic carbocycles. The van der Waals surface area contributed by atoms with E-state index >= 15 is 0 Å². The van der Waals surface area contributed by atoms with Crippen LogP contribution in [0.25, 0.3) is 5.65 Å². The van der Waals surface area contributed by atoms with E-state index in [9.17, 15) is 4.79 Å². The van der Waals surface area contributed by atoms with E-state index in [1.807, 2.05) is 38.1 Å². The van der Waals surface area contributed by atoms with Gasteiger partial charge in [0.2, 0.25) is 0 Å². The molecule has 2 heterocycles. The van der Waals surface area contributed by atoms with Crippen molar-refractivity contribution in [2.45, 2.75) is 26.3 Å². The van der Waals surface area contributed by atoms with Gasteiger partial charge in [0, 0.05) is 23.5 Å². The topological polar surface area (TPSA) is 59.3 Å². The second-order valence-corrected chi connectivity index (χ2v) is 5.99. The van der Waals surface area contributed by atoms with Gasteiger partial charge in [-0.25, -0.2) is 9.50 Å². The Morgan fingerprint density at radius 2 is 2.22 bits per heavy atom. The molecule has 3 rings (SSSR count). The molecule has 5 nitrogen and oxygen atoms in total. The van der Waals surface area contributed by atoms with Crippen molar-refractivity contribution >= 4 is 23.2 Å². The number of hydrogen-bond donors (Lipinski definition) is 1. The van der Waals surface area contributed by atoms with Crippen LogP contribution in [0, 0.1) is 6.92 Å². The highest BCUT2D eigenvalue weighted by molar-refractivity contribution is 6.30. The largest absolute Gasteiger partial charge is 0.349 e. The molecule has 0 saturated heterocycles. The van der Waals surface area contributed by atoms with Gasteiger partial charge >= 0.3 is 0 Å². The number of nitrogens with zero attached hydrogens (tertiary/aromatic N) is 3. The van der Waals surface area contributed by atoms with Crippen molar-refractivity contribution in [2.24, 2.45) is 0 Å². The number of carbonyl (C=O) groups is 1. The molecule has 6 heteroatoms. The van der Waals surface area contributed by atoms with Crippen LogP contribution in [0.1, 0.15) is 28.5 Å². The molecule has 0 spiro atoms. The lowest BCUT2D eigenvalue weighted by Crippen LogP contribution is -2.34. The monoisotopic (exact) mass is 328 g/mol. The van der Waals surface area contributed by atoms with Gasteiger partial charge < -0.3 is 5.32 Å². The summed E-state index contributed by atoms with van der Waals surface area (Å²) in [7, 11) is 0. The number of aryl methyl sites for hydroxylation is 1. The van der Waals surface area contributed by atoms with Crippen molar-refractivity contribution in [1.29, 1.82) is 0 Å². The Balaban J connectivity index is 1.76. The first kappa shape index (κ1) is 15.5. The molecule has 2 aromatic heterocycles. The summed E-state index contributed by atoms with van der Waals surface area (Å²) in [6.07, 6.45) is 4.14. The molecule has 0 radical (unpaired) electrons. The summed E-state index contributed by atoms with van der Waals surface area (Å²) in [6, 6.07) is 9.40. The number of hydrogen-bond acceptors (Lipinski definition) is 3.